The van der Waals surface area contributed by atoms with Gasteiger partial charge in [-0.3, -0.25) is 4.79 Å². The summed E-state index contributed by atoms with van der Waals surface area (Å²) in [6, 6.07) is 1.68. The van der Waals surface area contributed by atoms with Gasteiger partial charge in [-0.25, -0.2) is 0 Å². The van der Waals surface area contributed by atoms with Crippen molar-refractivity contribution in [3.8, 4) is 12.3 Å². The number of carbonyl (C=O) groups excluding carboxylic acids is 1. The molecule has 0 aliphatic rings. The molecule has 0 aliphatic carbocycles. The molecule has 0 bridgehead atoms. The van der Waals surface area contributed by atoms with Gasteiger partial charge in [0.1, 0.15) is 0 Å². The maximum absolute atomic E-state index is 11.7. The normalized spacial score (nSPS) is 11.8. The average Bonchev–Trinajstić information content (AvgIpc) is 2.47. The molecule has 15 heavy (non-hydrogen) atoms. The van der Waals surface area contributed by atoms with Crippen LogP contribution in [-0.4, -0.2) is 11.9 Å². The van der Waals surface area contributed by atoms with Crippen LogP contribution in [0.4, 0.5) is 5.69 Å². The van der Waals surface area contributed by atoms with Gasteiger partial charge in [-0.1, -0.05) is 0 Å². The van der Waals surface area contributed by atoms with Gasteiger partial charge in [-0.2, -0.15) is 0 Å². The van der Waals surface area contributed by atoms with E-state index in [1.807, 2.05) is 13.8 Å². The fourth-order valence-corrected chi connectivity index (χ4v) is 1.97. The van der Waals surface area contributed by atoms with Gasteiger partial charge in [-0.05, 0) is 19.9 Å². The van der Waals surface area contributed by atoms with Crippen molar-refractivity contribution >= 4 is 22.9 Å². The van der Waals surface area contributed by atoms with Crippen LogP contribution in [0.2, 0.25) is 0 Å². The summed E-state index contributed by atoms with van der Waals surface area (Å²) in [7, 11) is 0. The zero-order chi connectivity index (χ0) is 11.4. The molecule has 4 heteroatoms. The van der Waals surface area contributed by atoms with E-state index in [2.05, 4.69) is 11.2 Å². The molecule has 3 N–H and O–H groups in total. The molecule has 80 valence electrons. The van der Waals surface area contributed by atoms with E-state index in [-0.39, 0.29) is 11.9 Å². The zero-order valence-corrected chi connectivity index (χ0v) is 9.65. The molecular formula is C11H14N2OS. The Kier molecular flexibility index (Phi) is 3.75. The van der Waals surface area contributed by atoms with E-state index in [0.717, 1.165) is 4.88 Å². The highest BCUT2D eigenvalue weighted by molar-refractivity contribution is 7.14. The first kappa shape index (κ1) is 11.6. The second-order valence-corrected chi connectivity index (χ2v) is 4.66. The van der Waals surface area contributed by atoms with Gasteiger partial charge in [0.2, 0.25) is 0 Å². The van der Waals surface area contributed by atoms with Crippen molar-refractivity contribution in [1.82, 2.24) is 5.32 Å². The van der Waals surface area contributed by atoms with Crippen LogP contribution in [-0.2, 0) is 0 Å². The summed E-state index contributed by atoms with van der Waals surface area (Å²) in [4.78, 5) is 13.3. The number of thiophene rings is 1. The summed E-state index contributed by atoms with van der Waals surface area (Å²) in [5.74, 6) is 2.40. The molecule has 0 fully saturated rings. The van der Waals surface area contributed by atoms with Crippen molar-refractivity contribution in [2.24, 2.45) is 0 Å². The van der Waals surface area contributed by atoms with E-state index in [9.17, 15) is 4.79 Å². The largest absolute Gasteiger partial charge is 0.398 e. The standard InChI is InChI=1S/C11H14N2OS/c1-4-5-7(2)13-11(14)10-6-9(12)8(3)15-10/h1,6-7H,5,12H2,2-3H3,(H,13,14). The lowest BCUT2D eigenvalue weighted by molar-refractivity contribution is 0.0945. The lowest BCUT2D eigenvalue weighted by Crippen LogP contribution is -2.31. The highest BCUT2D eigenvalue weighted by Crippen LogP contribution is 2.23. The Morgan fingerprint density at radius 2 is 2.47 bits per heavy atom. The number of nitrogens with two attached hydrogens (primary N) is 1. The topological polar surface area (TPSA) is 55.1 Å². The maximum Gasteiger partial charge on any atom is 0.261 e. The van der Waals surface area contributed by atoms with Crippen LogP contribution in [0.15, 0.2) is 6.07 Å². The number of hydrogen-bond donors (Lipinski definition) is 2. The fraction of sp³-hybridized carbons (Fsp3) is 0.364. The lowest BCUT2D eigenvalue weighted by Gasteiger charge is -2.09. The van der Waals surface area contributed by atoms with Crippen molar-refractivity contribution < 1.29 is 4.79 Å². The number of hydrogen-bond acceptors (Lipinski definition) is 3. The number of nitrogens with one attached hydrogen (secondary N) is 1. The van der Waals surface area contributed by atoms with Gasteiger partial charge < -0.3 is 11.1 Å². The number of terminal acetylenes is 1. The summed E-state index contributed by atoms with van der Waals surface area (Å²) in [6.45, 7) is 3.77. The molecule has 1 atom stereocenters. The Hall–Kier alpha value is -1.47. The second kappa shape index (κ2) is 4.85. The monoisotopic (exact) mass is 222 g/mol. The van der Waals surface area contributed by atoms with E-state index >= 15 is 0 Å². The molecule has 3 nitrogen and oxygen atoms in total. The smallest absolute Gasteiger partial charge is 0.261 e. The van der Waals surface area contributed by atoms with Crippen molar-refractivity contribution in [2.75, 3.05) is 5.73 Å². The first-order valence-corrected chi connectivity index (χ1v) is 5.46. The quantitative estimate of drug-likeness (QED) is 0.766. The van der Waals surface area contributed by atoms with Crippen molar-refractivity contribution in [3.05, 3.63) is 15.8 Å². The third-order valence-corrected chi connectivity index (χ3v) is 3.05. The molecule has 1 aromatic rings. The first-order chi connectivity index (χ1) is 7.04. The van der Waals surface area contributed by atoms with Crippen LogP contribution >= 0.6 is 11.3 Å². The highest BCUT2D eigenvalue weighted by Gasteiger charge is 2.12. The molecular weight excluding hydrogens is 208 g/mol. The number of carbonyl (C=O) groups is 1. The van der Waals surface area contributed by atoms with Gasteiger partial charge in [0.05, 0.1) is 4.88 Å². The number of amides is 1. The number of aryl methyl sites for hydroxylation is 1. The Morgan fingerprint density at radius 3 is 2.93 bits per heavy atom. The van der Waals surface area contributed by atoms with Crippen LogP contribution in [0.25, 0.3) is 0 Å². The summed E-state index contributed by atoms with van der Waals surface area (Å²) >= 11 is 1.39. The predicted molar refractivity (Wildman–Crippen MR) is 63.8 cm³/mol. The van der Waals surface area contributed by atoms with Gasteiger partial charge in [0.15, 0.2) is 0 Å². The molecule has 0 radical (unpaired) electrons. The van der Waals surface area contributed by atoms with E-state index < -0.39 is 0 Å². The minimum Gasteiger partial charge on any atom is -0.398 e. The number of nitrogen functional groups attached to an aromatic ring is 1. The Labute approximate surface area is 93.7 Å². The van der Waals surface area contributed by atoms with Crippen LogP contribution in [0, 0.1) is 19.3 Å². The average molecular weight is 222 g/mol. The van der Waals surface area contributed by atoms with Crippen LogP contribution in [0.1, 0.15) is 27.9 Å². The van der Waals surface area contributed by atoms with Gasteiger partial charge in [0.25, 0.3) is 5.91 Å². The van der Waals surface area contributed by atoms with E-state index in [4.69, 9.17) is 12.2 Å². The fourth-order valence-electron chi connectivity index (χ4n) is 1.13. The Morgan fingerprint density at radius 1 is 1.80 bits per heavy atom. The lowest BCUT2D eigenvalue weighted by atomic mass is 10.2. The van der Waals surface area contributed by atoms with Crippen molar-refractivity contribution in [3.63, 3.8) is 0 Å². The van der Waals surface area contributed by atoms with E-state index in [1.165, 1.54) is 11.3 Å². The molecule has 1 unspecified atom stereocenters. The molecule has 1 amide bonds. The van der Waals surface area contributed by atoms with Crippen molar-refractivity contribution in [2.45, 2.75) is 26.3 Å². The Bertz CT molecular complexity index is 384. The van der Waals surface area contributed by atoms with E-state index in [0.29, 0.717) is 17.0 Å². The molecule has 0 spiro atoms. The highest BCUT2D eigenvalue weighted by atomic mass is 32.1. The Balaban J connectivity index is 2.66. The van der Waals surface area contributed by atoms with Crippen LogP contribution < -0.4 is 11.1 Å². The number of rotatable bonds is 3. The summed E-state index contributed by atoms with van der Waals surface area (Å²) < 4.78 is 0. The third-order valence-electron chi connectivity index (χ3n) is 1.98. The summed E-state index contributed by atoms with van der Waals surface area (Å²) in [5, 5.41) is 2.81. The number of anilines is 1. The molecule has 1 heterocycles. The van der Waals surface area contributed by atoms with Gasteiger partial charge in [0, 0.05) is 23.0 Å². The van der Waals surface area contributed by atoms with Crippen LogP contribution in [0.5, 0.6) is 0 Å². The second-order valence-electron chi connectivity index (χ2n) is 3.40. The molecule has 0 aliphatic heterocycles. The SMILES string of the molecule is C#CCC(C)NC(=O)c1cc(N)c(C)s1. The zero-order valence-electron chi connectivity index (χ0n) is 8.83. The minimum absolute atomic E-state index is 0.00821. The molecule has 0 aromatic carbocycles. The molecule has 1 rings (SSSR count). The molecule has 1 aromatic heterocycles. The van der Waals surface area contributed by atoms with Gasteiger partial charge in [-0.15, -0.1) is 23.7 Å². The molecule has 0 saturated carbocycles. The summed E-state index contributed by atoms with van der Waals surface area (Å²) in [5.41, 5.74) is 6.33. The predicted octanol–water partition coefficient (Wildman–Crippen LogP) is 1.78. The molecule has 0 saturated heterocycles. The minimum atomic E-state index is -0.109. The van der Waals surface area contributed by atoms with Crippen LogP contribution in [0.3, 0.4) is 0 Å². The van der Waals surface area contributed by atoms with Crippen molar-refractivity contribution in [1.29, 1.82) is 0 Å². The maximum atomic E-state index is 11.7. The van der Waals surface area contributed by atoms with Gasteiger partial charge >= 0.3 is 0 Å². The summed E-state index contributed by atoms with van der Waals surface area (Å²) in [6.07, 6.45) is 5.69. The first-order valence-electron chi connectivity index (χ1n) is 4.64. The third kappa shape index (κ3) is 3.00. The van der Waals surface area contributed by atoms with E-state index in [1.54, 1.807) is 6.07 Å².